The van der Waals surface area contributed by atoms with Crippen molar-refractivity contribution in [1.82, 2.24) is 15.0 Å². The molecule has 0 spiro atoms. The Morgan fingerprint density at radius 1 is 1.22 bits per heavy atom. The number of nitrogens with one attached hydrogen (secondary N) is 1. The van der Waals surface area contributed by atoms with Crippen LogP contribution >= 0.6 is 11.6 Å². The molecule has 1 aromatic carbocycles. The number of benzene rings is 1. The summed E-state index contributed by atoms with van der Waals surface area (Å²) in [7, 11) is 0. The van der Waals surface area contributed by atoms with E-state index in [2.05, 4.69) is 15.0 Å². The summed E-state index contributed by atoms with van der Waals surface area (Å²) in [5.74, 6) is 0.641. The van der Waals surface area contributed by atoms with Crippen molar-refractivity contribution in [3.63, 3.8) is 0 Å². The van der Waals surface area contributed by atoms with Crippen molar-refractivity contribution >= 4 is 22.6 Å². The molecule has 2 heterocycles. The molecule has 0 fully saturated rings. The van der Waals surface area contributed by atoms with E-state index in [0.29, 0.717) is 22.1 Å². The average molecular weight is 255 g/mol. The molecule has 0 aliphatic heterocycles. The van der Waals surface area contributed by atoms with Crippen LogP contribution in [0.15, 0.2) is 36.5 Å². The molecule has 0 bridgehead atoms. The Kier molecular flexibility index (Phi) is 2.47. The Balaban J connectivity index is 2.14. The van der Waals surface area contributed by atoms with Gasteiger partial charge in [0.05, 0.1) is 16.1 Å². The lowest BCUT2D eigenvalue weighted by atomic mass is 10.2. The smallest absolute Gasteiger partial charge is 0.157 e. The van der Waals surface area contributed by atoms with Gasteiger partial charge in [-0.15, -0.1) is 0 Å². The molecular formula is C13H7ClN4. The topological polar surface area (TPSA) is 65.4 Å². The molecule has 1 N–H and O–H groups in total. The van der Waals surface area contributed by atoms with Gasteiger partial charge in [0.2, 0.25) is 0 Å². The van der Waals surface area contributed by atoms with Gasteiger partial charge in [0, 0.05) is 6.20 Å². The molecule has 0 atom stereocenters. The molecule has 5 heteroatoms. The van der Waals surface area contributed by atoms with Gasteiger partial charge >= 0.3 is 0 Å². The highest BCUT2D eigenvalue weighted by Crippen LogP contribution is 2.24. The second-order valence-electron chi connectivity index (χ2n) is 3.77. The Hall–Kier alpha value is -2.38. The molecular weight excluding hydrogens is 248 g/mol. The predicted octanol–water partition coefficient (Wildman–Crippen LogP) is 3.15. The van der Waals surface area contributed by atoms with Gasteiger partial charge in [0.1, 0.15) is 17.3 Å². The summed E-state index contributed by atoms with van der Waals surface area (Å²) in [6, 6.07) is 11.0. The summed E-state index contributed by atoms with van der Waals surface area (Å²) in [5.41, 5.74) is 2.79. The van der Waals surface area contributed by atoms with Crippen LogP contribution in [0.3, 0.4) is 0 Å². The van der Waals surface area contributed by atoms with Crippen LogP contribution in [-0.4, -0.2) is 15.0 Å². The average Bonchev–Trinajstić information content (AvgIpc) is 2.84. The number of imidazole rings is 1. The largest absolute Gasteiger partial charge is 0.337 e. The van der Waals surface area contributed by atoms with Gasteiger partial charge in [0.15, 0.2) is 5.82 Å². The molecule has 0 aliphatic rings. The third kappa shape index (κ3) is 1.71. The molecule has 18 heavy (non-hydrogen) atoms. The monoisotopic (exact) mass is 254 g/mol. The molecule has 86 valence electrons. The van der Waals surface area contributed by atoms with Gasteiger partial charge in [-0.05, 0) is 24.3 Å². The summed E-state index contributed by atoms with van der Waals surface area (Å²) in [5, 5.41) is 9.32. The quantitative estimate of drug-likeness (QED) is 0.725. The SMILES string of the molecule is N#Cc1ccc(-c2nc3c(Cl)cccc3[nH]2)nc1. The van der Waals surface area contributed by atoms with E-state index >= 15 is 0 Å². The van der Waals surface area contributed by atoms with E-state index in [1.165, 1.54) is 6.20 Å². The van der Waals surface area contributed by atoms with E-state index in [4.69, 9.17) is 16.9 Å². The van der Waals surface area contributed by atoms with Crippen LogP contribution in [0.1, 0.15) is 5.56 Å². The minimum absolute atomic E-state index is 0.521. The third-order valence-electron chi connectivity index (χ3n) is 2.60. The summed E-state index contributed by atoms with van der Waals surface area (Å²) in [6.45, 7) is 0. The van der Waals surface area contributed by atoms with Crippen LogP contribution < -0.4 is 0 Å². The van der Waals surface area contributed by atoms with Crippen LogP contribution in [0.4, 0.5) is 0 Å². The minimum Gasteiger partial charge on any atom is -0.337 e. The molecule has 0 unspecified atom stereocenters. The predicted molar refractivity (Wildman–Crippen MR) is 69.0 cm³/mol. The molecule has 0 amide bonds. The van der Waals surface area contributed by atoms with Gasteiger partial charge in [0.25, 0.3) is 0 Å². The van der Waals surface area contributed by atoms with Crippen LogP contribution in [0.2, 0.25) is 5.02 Å². The maximum atomic E-state index is 8.72. The number of fused-ring (bicyclic) bond motifs is 1. The summed E-state index contributed by atoms with van der Waals surface area (Å²) < 4.78 is 0. The number of rotatable bonds is 1. The Morgan fingerprint density at radius 3 is 2.78 bits per heavy atom. The zero-order valence-electron chi connectivity index (χ0n) is 9.18. The lowest BCUT2D eigenvalue weighted by Gasteiger charge is -1.94. The van der Waals surface area contributed by atoms with Crippen LogP contribution in [-0.2, 0) is 0 Å². The Morgan fingerprint density at radius 2 is 2.11 bits per heavy atom. The van der Waals surface area contributed by atoms with E-state index in [0.717, 1.165) is 11.0 Å². The van der Waals surface area contributed by atoms with E-state index in [-0.39, 0.29) is 0 Å². The van der Waals surface area contributed by atoms with Crippen molar-refractivity contribution in [3.8, 4) is 17.6 Å². The molecule has 0 saturated carbocycles. The van der Waals surface area contributed by atoms with Crippen molar-refractivity contribution in [2.45, 2.75) is 0 Å². The zero-order valence-corrected chi connectivity index (χ0v) is 9.94. The number of para-hydroxylation sites is 1. The van der Waals surface area contributed by atoms with Crippen molar-refractivity contribution in [2.24, 2.45) is 0 Å². The van der Waals surface area contributed by atoms with E-state index in [1.54, 1.807) is 18.2 Å². The fourth-order valence-electron chi connectivity index (χ4n) is 1.72. The first-order chi connectivity index (χ1) is 8.78. The molecule has 0 saturated heterocycles. The minimum atomic E-state index is 0.521. The Bertz CT molecular complexity index is 753. The molecule has 3 aromatic rings. The maximum Gasteiger partial charge on any atom is 0.157 e. The number of halogens is 1. The highest BCUT2D eigenvalue weighted by molar-refractivity contribution is 6.34. The van der Waals surface area contributed by atoms with E-state index < -0.39 is 0 Å². The van der Waals surface area contributed by atoms with Gasteiger partial charge in [-0.25, -0.2) is 4.98 Å². The third-order valence-corrected chi connectivity index (χ3v) is 2.90. The van der Waals surface area contributed by atoms with E-state index in [9.17, 15) is 0 Å². The lowest BCUT2D eigenvalue weighted by molar-refractivity contribution is 1.23. The van der Waals surface area contributed by atoms with E-state index in [1.807, 2.05) is 18.2 Å². The normalized spacial score (nSPS) is 10.4. The molecule has 3 rings (SSSR count). The van der Waals surface area contributed by atoms with Crippen LogP contribution in [0.5, 0.6) is 0 Å². The van der Waals surface area contributed by atoms with Crippen molar-refractivity contribution in [3.05, 3.63) is 47.1 Å². The molecule has 0 aliphatic carbocycles. The first kappa shape index (κ1) is 10.8. The number of H-pyrrole nitrogens is 1. The number of nitriles is 1. The second-order valence-corrected chi connectivity index (χ2v) is 4.17. The lowest BCUT2D eigenvalue weighted by Crippen LogP contribution is -1.86. The van der Waals surface area contributed by atoms with Gasteiger partial charge in [-0.2, -0.15) is 5.26 Å². The maximum absolute atomic E-state index is 8.72. The molecule has 0 radical (unpaired) electrons. The van der Waals surface area contributed by atoms with Gasteiger partial charge in [-0.3, -0.25) is 4.98 Å². The number of aromatic nitrogens is 3. The molecule has 2 aromatic heterocycles. The summed E-state index contributed by atoms with van der Waals surface area (Å²) >= 11 is 6.06. The number of pyridine rings is 1. The standard InChI is InChI=1S/C13H7ClN4/c14-9-2-1-3-10-12(9)18-13(17-10)11-5-4-8(6-15)7-16-11/h1-5,7H,(H,17,18). The highest BCUT2D eigenvalue weighted by atomic mass is 35.5. The van der Waals surface area contributed by atoms with Crippen LogP contribution in [0.25, 0.3) is 22.6 Å². The van der Waals surface area contributed by atoms with Crippen molar-refractivity contribution in [2.75, 3.05) is 0 Å². The van der Waals surface area contributed by atoms with Crippen LogP contribution in [0, 0.1) is 11.3 Å². The molecule has 4 nitrogen and oxygen atoms in total. The number of hydrogen-bond acceptors (Lipinski definition) is 3. The van der Waals surface area contributed by atoms with Gasteiger partial charge in [-0.1, -0.05) is 17.7 Å². The number of nitrogens with zero attached hydrogens (tertiary/aromatic N) is 3. The first-order valence-corrected chi connectivity index (χ1v) is 5.66. The fraction of sp³-hybridized carbons (Fsp3) is 0. The first-order valence-electron chi connectivity index (χ1n) is 5.28. The van der Waals surface area contributed by atoms with Gasteiger partial charge < -0.3 is 4.98 Å². The fourth-order valence-corrected chi connectivity index (χ4v) is 1.94. The highest BCUT2D eigenvalue weighted by Gasteiger charge is 2.08. The number of hydrogen-bond donors (Lipinski definition) is 1. The van der Waals surface area contributed by atoms with Crippen molar-refractivity contribution in [1.29, 1.82) is 5.26 Å². The second kappa shape index (κ2) is 4.13. The summed E-state index contributed by atoms with van der Waals surface area (Å²) in [6.07, 6.45) is 1.52. The Labute approximate surface area is 108 Å². The summed E-state index contributed by atoms with van der Waals surface area (Å²) in [4.78, 5) is 11.7. The van der Waals surface area contributed by atoms with Crippen molar-refractivity contribution < 1.29 is 0 Å². The zero-order chi connectivity index (χ0) is 12.5. The number of aromatic amines is 1.